The minimum atomic E-state index is 0.241. The van der Waals surface area contributed by atoms with Gasteiger partial charge in [-0.2, -0.15) is 0 Å². The van der Waals surface area contributed by atoms with Crippen molar-refractivity contribution in [1.82, 2.24) is 4.90 Å². The Bertz CT molecular complexity index is 301. The van der Waals surface area contributed by atoms with Crippen LogP contribution in [-0.2, 0) is 0 Å². The van der Waals surface area contributed by atoms with Crippen molar-refractivity contribution in [3.05, 3.63) is 23.8 Å². The molecule has 21 heavy (non-hydrogen) atoms. The zero-order valence-corrected chi connectivity index (χ0v) is 14.3. The Balaban J connectivity index is 2.40. The highest BCUT2D eigenvalue weighted by molar-refractivity contribution is 5.19. The van der Waals surface area contributed by atoms with Gasteiger partial charge in [-0.15, -0.1) is 0 Å². The molecule has 1 fully saturated rings. The van der Waals surface area contributed by atoms with Gasteiger partial charge in [-0.05, 0) is 44.8 Å². The lowest BCUT2D eigenvalue weighted by molar-refractivity contribution is 0.242. The summed E-state index contributed by atoms with van der Waals surface area (Å²) in [5, 5.41) is 0. The van der Waals surface area contributed by atoms with Gasteiger partial charge in [0.05, 0.1) is 0 Å². The predicted octanol–water partition coefficient (Wildman–Crippen LogP) is 4.66. The molecule has 2 heteroatoms. The van der Waals surface area contributed by atoms with E-state index in [2.05, 4.69) is 37.0 Å². The van der Waals surface area contributed by atoms with Crippen LogP contribution in [0, 0.1) is 0 Å². The van der Waals surface area contributed by atoms with E-state index in [1.54, 1.807) is 0 Å². The number of unbranched alkanes of at least 4 members (excludes halogenated alkanes) is 4. The molecule has 0 bridgehead atoms. The van der Waals surface area contributed by atoms with Crippen LogP contribution in [0.25, 0.3) is 0 Å². The molecule has 122 valence electrons. The summed E-state index contributed by atoms with van der Waals surface area (Å²) in [4.78, 5) is 2.58. The normalized spacial score (nSPS) is 19.3. The molecule has 1 aliphatic rings. The van der Waals surface area contributed by atoms with Gasteiger partial charge in [-0.1, -0.05) is 63.7 Å². The van der Waals surface area contributed by atoms with Crippen molar-refractivity contribution in [3.63, 3.8) is 0 Å². The van der Waals surface area contributed by atoms with E-state index in [-0.39, 0.29) is 6.04 Å². The molecule has 0 radical (unpaired) electrons. The SMILES string of the molecule is C/C=C\C=C(/CN1CCCCC1)C(N)CCCCCCC. The number of likely N-dealkylation sites (tertiary alicyclic amines) is 1. The summed E-state index contributed by atoms with van der Waals surface area (Å²) in [7, 11) is 0. The second-order valence-electron chi connectivity index (χ2n) is 6.41. The maximum atomic E-state index is 6.46. The molecular formula is C19H36N2. The van der Waals surface area contributed by atoms with Gasteiger partial charge < -0.3 is 5.73 Å². The number of rotatable bonds is 10. The molecule has 0 aromatic rings. The summed E-state index contributed by atoms with van der Waals surface area (Å²) in [5.41, 5.74) is 7.88. The van der Waals surface area contributed by atoms with Crippen molar-refractivity contribution in [2.75, 3.05) is 19.6 Å². The van der Waals surface area contributed by atoms with Crippen LogP contribution in [0.1, 0.15) is 71.6 Å². The summed E-state index contributed by atoms with van der Waals surface area (Å²) in [6, 6.07) is 0.241. The largest absolute Gasteiger partial charge is 0.324 e. The standard InChI is InChI=1S/C19H36N2/c1-3-5-7-8-10-14-19(20)18(13-6-4-2)17-21-15-11-9-12-16-21/h4,6,13,19H,3,5,7-12,14-17,20H2,1-2H3/b6-4-,18-13+. The number of piperidine rings is 1. The van der Waals surface area contributed by atoms with Crippen molar-refractivity contribution in [2.24, 2.45) is 5.73 Å². The number of allylic oxidation sites excluding steroid dienone is 3. The van der Waals surface area contributed by atoms with Crippen LogP contribution in [0.2, 0.25) is 0 Å². The molecule has 0 saturated carbocycles. The number of nitrogens with two attached hydrogens (primary N) is 1. The fourth-order valence-electron chi connectivity index (χ4n) is 3.04. The van der Waals surface area contributed by atoms with Crippen LogP contribution in [0.15, 0.2) is 23.8 Å². The Labute approximate surface area is 132 Å². The second kappa shape index (κ2) is 12.0. The van der Waals surface area contributed by atoms with Crippen LogP contribution < -0.4 is 5.73 Å². The molecule has 1 heterocycles. The molecule has 0 spiro atoms. The zero-order chi connectivity index (χ0) is 15.3. The topological polar surface area (TPSA) is 29.3 Å². The summed E-state index contributed by atoms with van der Waals surface area (Å²) in [6.45, 7) is 7.90. The van der Waals surface area contributed by atoms with Crippen LogP contribution in [0.4, 0.5) is 0 Å². The van der Waals surface area contributed by atoms with Gasteiger partial charge in [0.1, 0.15) is 0 Å². The van der Waals surface area contributed by atoms with E-state index in [4.69, 9.17) is 5.73 Å². The first-order chi connectivity index (χ1) is 10.3. The monoisotopic (exact) mass is 292 g/mol. The molecule has 0 aliphatic carbocycles. The van der Waals surface area contributed by atoms with Crippen molar-refractivity contribution < 1.29 is 0 Å². The number of hydrogen-bond acceptors (Lipinski definition) is 2. The van der Waals surface area contributed by atoms with Gasteiger partial charge in [-0.25, -0.2) is 0 Å². The summed E-state index contributed by atoms with van der Waals surface area (Å²) < 4.78 is 0. The van der Waals surface area contributed by atoms with E-state index in [1.165, 1.54) is 70.0 Å². The third kappa shape index (κ3) is 8.43. The highest BCUT2D eigenvalue weighted by Crippen LogP contribution is 2.16. The van der Waals surface area contributed by atoms with Crippen LogP contribution in [-0.4, -0.2) is 30.6 Å². The minimum Gasteiger partial charge on any atom is -0.324 e. The Morgan fingerprint density at radius 2 is 1.81 bits per heavy atom. The lowest BCUT2D eigenvalue weighted by Gasteiger charge is -2.29. The van der Waals surface area contributed by atoms with E-state index >= 15 is 0 Å². The van der Waals surface area contributed by atoms with Gasteiger partial charge in [0.2, 0.25) is 0 Å². The number of nitrogens with zero attached hydrogens (tertiary/aromatic N) is 1. The Morgan fingerprint density at radius 1 is 1.10 bits per heavy atom. The fraction of sp³-hybridized carbons (Fsp3) is 0.789. The lowest BCUT2D eigenvalue weighted by atomic mass is 9.98. The van der Waals surface area contributed by atoms with Gasteiger partial charge in [0, 0.05) is 12.6 Å². The molecule has 0 amide bonds. The first kappa shape index (κ1) is 18.4. The zero-order valence-electron chi connectivity index (χ0n) is 14.3. The summed E-state index contributed by atoms with van der Waals surface area (Å²) >= 11 is 0. The molecule has 2 N–H and O–H groups in total. The molecule has 1 rings (SSSR count). The van der Waals surface area contributed by atoms with Gasteiger partial charge in [0.25, 0.3) is 0 Å². The third-order valence-corrected chi connectivity index (χ3v) is 4.45. The molecule has 1 unspecified atom stereocenters. The van der Waals surface area contributed by atoms with Gasteiger partial charge >= 0.3 is 0 Å². The lowest BCUT2D eigenvalue weighted by Crippen LogP contribution is -2.36. The Morgan fingerprint density at radius 3 is 2.48 bits per heavy atom. The minimum absolute atomic E-state index is 0.241. The highest BCUT2D eigenvalue weighted by Gasteiger charge is 2.15. The van der Waals surface area contributed by atoms with Crippen LogP contribution in [0.5, 0.6) is 0 Å². The molecule has 1 saturated heterocycles. The molecule has 1 aliphatic heterocycles. The van der Waals surface area contributed by atoms with Crippen molar-refractivity contribution in [3.8, 4) is 0 Å². The smallest absolute Gasteiger partial charge is 0.0269 e. The predicted molar refractivity (Wildman–Crippen MR) is 94.5 cm³/mol. The van der Waals surface area contributed by atoms with E-state index in [1.807, 2.05) is 0 Å². The molecule has 0 aromatic carbocycles. The average Bonchev–Trinajstić information content (AvgIpc) is 2.52. The van der Waals surface area contributed by atoms with Crippen LogP contribution >= 0.6 is 0 Å². The highest BCUT2D eigenvalue weighted by atomic mass is 15.1. The van der Waals surface area contributed by atoms with Crippen molar-refractivity contribution in [2.45, 2.75) is 77.7 Å². The maximum absolute atomic E-state index is 6.46. The first-order valence-electron chi connectivity index (χ1n) is 9.07. The Kier molecular flexibility index (Phi) is 10.5. The molecular weight excluding hydrogens is 256 g/mol. The maximum Gasteiger partial charge on any atom is 0.0269 e. The molecule has 2 nitrogen and oxygen atoms in total. The summed E-state index contributed by atoms with van der Waals surface area (Å²) in [6.07, 6.45) is 18.4. The molecule has 1 atom stereocenters. The van der Waals surface area contributed by atoms with Crippen molar-refractivity contribution >= 4 is 0 Å². The van der Waals surface area contributed by atoms with E-state index in [0.29, 0.717) is 0 Å². The van der Waals surface area contributed by atoms with Crippen LogP contribution in [0.3, 0.4) is 0 Å². The van der Waals surface area contributed by atoms with Gasteiger partial charge in [0.15, 0.2) is 0 Å². The fourth-order valence-corrected chi connectivity index (χ4v) is 3.04. The third-order valence-electron chi connectivity index (χ3n) is 4.45. The second-order valence-corrected chi connectivity index (χ2v) is 6.41. The van der Waals surface area contributed by atoms with E-state index < -0.39 is 0 Å². The Hall–Kier alpha value is -0.600. The van der Waals surface area contributed by atoms with E-state index in [0.717, 1.165) is 13.0 Å². The first-order valence-corrected chi connectivity index (χ1v) is 9.07. The average molecular weight is 293 g/mol. The van der Waals surface area contributed by atoms with Gasteiger partial charge in [-0.3, -0.25) is 4.90 Å². The number of hydrogen-bond donors (Lipinski definition) is 1. The van der Waals surface area contributed by atoms with Crippen molar-refractivity contribution in [1.29, 1.82) is 0 Å². The quantitative estimate of drug-likeness (QED) is 0.468. The summed E-state index contributed by atoms with van der Waals surface area (Å²) in [5.74, 6) is 0. The van der Waals surface area contributed by atoms with E-state index in [9.17, 15) is 0 Å². The molecule has 0 aromatic heterocycles.